The molecular weight excluding hydrogens is 446 g/mol. The first kappa shape index (κ1) is 24.5. The van der Waals surface area contributed by atoms with Crippen LogP contribution in [0.15, 0.2) is 51.6 Å². The fraction of sp³-hybridized carbons (Fsp3) is 0.391. The maximum atomic E-state index is 13.4. The third-order valence-corrected chi connectivity index (χ3v) is 5.56. The molecule has 4 rings (SSSR count). The van der Waals surface area contributed by atoms with E-state index in [9.17, 15) is 14.4 Å². The third kappa shape index (κ3) is 4.94. The molecule has 0 aliphatic carbocycles. The van der Waals surface area contributed by atoms with E-state index in [2.05, 4.69) is 10.3 Å². The first-order valence-corrected chi connectivity index (χ1v) is 10.7. The van der Waals surface area contributed by atoms with Crippen LogP contribution < -0.4 is 21.3 Å². The SMILES string of the molecule is CC(C)=CCn1c(O[C@@H]2CCNC2)nc2c1c(=O)n(CC(=O)c1ccccc1)c(=O)n2C.Cl. The number of nitrogens with one attached hydrogen (secondary N) is 1. The topological polar surface area (TPSA) is 100 Å². The summed E-state index contributed by atoms with van der Waals surface area (Å²) in [7, 11) is 1.55. The first-order chi connectivity index (χ1) is 15.4. The fourth-order valence-corrected chi connectivity index (χ4v) is 3.76. The molecule has 10 heteroatoms. The number of aromatic nitrogens is 4. The number of aryl methyl sites for hydroxylation is 1. The van der Waals surface area contributed by atoms with Crippen LogP contribution in [0.2, 0.25) is 0 Å². The molecule has 3 heterocycles. The Morgan fingerprint density at radius 3 is 2.58 bits per heavy atom. The van der Waals surface area contributed by atoms with Crippen LogP contribution in [0.3, 0.4) is 0 Å². The number of ether oxygens (including phenoxy) is 1. The van der Waals surface area contributed by atoms with Crippen molar-refractivity contribution in [2.75, 3.05) is 13.1 Å². The second kappa shape index (κ2) is 10.2. The molecule has 0 saturated carbocycles. The lowest BCUT2D eigenvalue weighted by Gasteiger charge is -2.13. The van der Waals surface area contributed by atoms with Gasteiger partial charge in [0.1, 0.15) is 6.10 Å². The monoisotopic (exact) mass is 473 g/mol. The number of ketones is 1. The van der Waals surface area contributed by atoms with E-state index >= 15 is 0 Å². The van der Waals surface area contributed by atoms with Crippen molar-refractivity contribution in [1.82, 2.24) is 24.0 Å². The van der Waals surface area contributed by atoms with Gasteiger partial charge in [0.2, 0.25) is 0 Å². The Kier molecular flexibility index (Phi) is 7.55. The molecule has 0 bridgehead atoms. The molecule has 1 saturated heterocycles. The number of carbonyl (C=O) groups excluding carboxylic acids is 1. The molecule has 1 atom stereocenters. The predicted molar refractivity (Wildman–Crippen MR) is 129 cm³/mol. The molecule has 0 spiro atoms. The van der Waals surface area contributed by atoms with Crippen LogP contribution in [-0.4, -0.2) is 43.7 Å². The van der Waals surface area contributed by atoms with Gasteiger partial charge in [-0.15, -0.1) is 12.4 Å². The van der Waals surface area contributed by atoms with Crippen LogP contribution >= 0.6 is 12.4 Å². The van der Waals surface area contributed by atoms with Crippen molar-refractivity contribution < 1.29 is 9.53 Å². The molecule has 1 fully saturated rings. The van der Waals surface area contributed by atoms with Gasteiger partial charge in [0.25, 0.3) is 11.6 Å². The van der Waals surface area contributed by atoms with Gasteiger partial charge >= 0.3 is 5.69 Å². The van der Waals surface area contributed by atoms with E-state index in [4.69, 9.17) is 4.74 Å². The van der Waals surface area contributed by atoms with E-state index in [1.54, 1.807) is 41.9 Å². The Labute approximate surface area is 197 Å². The molecule has 1 aliphatic heterocycles. The quantitative estimate of drug-likeness (QED) is 0.415. The highest BCUT2D eigenvalue weighted by Crippen LogP contribution is 2.21. The van der Waals surface area contributed by atoms with Gasteiger partial charge in [0.05, 0.1) is 6.54 Å². The molecule has 1 aliphatic rings. The Balaban J connectivity index is 0.00000306. The van der Waals surface area contributed by atoms with Gasteiger partial charge in [0.15, 0.2) is 16.9 Å². The second-order valence-electron chi connectivity index (χ2n) is 8.21. The lowest BCUT2D eigenvalue weighted by atomic mass is 10.1. The van der Waals surface area contributed by atoms with Gasteiger partial charge in [-0.2, -0.15) is 4.98 Å². The van der Waals surface area contributed by atoms with Crippen molar-refractivity contribution in [3.8, 4) is 6.01 Å². The number of allylic oxidation sites excluding steroid dienone is 2. The van der Waals surface area contributed by atoms with Gasteiger partial charge in [-0.05, 0) is 26.8 Å². The summed E-state index contributed by atoms with van der Waals surface area (Å²) in [6.07, 6.45) is 2.74. The Morgan fingerprint density at radius 1 is 1.21 bits per heavy atom. The number of hydrogen-bond acceptors (Lipinski definition) is 6. The molecule has 176 valence electrons. The summed E-state index contributed by atoms with van der Waals surface area (Å²) in [4.78, 5) is 43.6. The molecule has 3 aromatic rings. The molecule has 0 radical (unpaired) electrons. The summed E-state index contributed by atoms with van der Waals surface area (Å²) in [5, 5.41) is 3.24. The summed E-state index contributed by atoms with van der Waals surface area (Å²) in [5.74, 6) is -0.312. The van der Waals surface area contributed by atoms with Crippen molar-refractivity contribution in [2.45, 2.75) is 39.5 Å². The number of Topliss-reactive ketones (excluding diaryl/α,β-unsaturated/α-hetero) is 1. The van der Waals surface area contributed by atoms with Crippen LogP contribution in [0.4, 0.5) is 0 Å². The fourth-order valence-electron chi connectivity index (χ4n) is 3.76. The molecule has 1 aromatic carbocycles. The molecule has 0 unspecified atom stereocenters. The van der Waals surface area contributed by atoms with E-state index in [-0.39, 0.29) is 42.0 Å². The van der Waals surface area contributed by atoms with E-state index in [1.165, 1.54) is 4.57 Å². The summed E-state index contributed by atoms with van der Waals surface area (Å²) in [6, 6.07) is 8.91. The van der Waals surface area contributed by atoms with E-state index < -0.39 is 11.2 Å². The molecule has 2 aromatic heterocycles. The minimum atomic E-state index is -0.590. The molecular formula is C23H28ClN5O4. The van der Waals surface area contributed by atoms with Crippen LogP contribution in [0.25, 0.3) is 11.2 Å². The summed E-state index contributed by atoms with van der Waals surface area (Å²) < 4.78 is 10.1. The lowest BCUT2D eigenvalue weighted by molar-refractivity contribution is 0.0969. The lowest BCUT2D eigenvalue weighted by Crippen LogP contribution is -2.41. The van der Waals surface area contributed by atoms with Gasteiger partial charge in [-0.3, -0.25) is 23.3 Å². The minimum absolute atomic E-state index is 0. The van der Waals surface area contributed by atoms with Gasteiger partial charge in [0, 0.05) is 25.7 Å². The third-order valence-electron chi connectivity index (χ3n) is 5.56. The molecule has 0 amide bonds. The van der Waals surface area contributed by atoms with Crippen LogP contribution in [0.5, 0.6) is 6.01 Å². The van der Waals surface area contributed by atoms with Crippen LogP contribution in [0, 0.1) is 0 Å². The highest BCUT2D eigenvalue weighted by atomic mass is 35.5. The normalized spacial score (nSPS) is 15.3. The number of benzene rings is 1. The molecule has 9 nitrogen and oxygen atoms in total. The summed E-state index contributed by atoms with van der Waals surface area (Å²) in [6.45, 7) is 5.50. The summed E-state index contributed by atoms with van der Waals surface area (Å²) >= 11 is 0. The van der Waals surface area contributed by atoms with Crippen molar-refractivity contribution in [3.05, 3.63) is 68.4 Å². The minimum Gasteiger partial charge on any atom is -0.460 e. The van der Waals surface area contributed by atoms with E-state index in [1.807, 2.05) is 19.9 Å². The highest BCUT2D eigenvalue weighted by Gasteiger charge is 2.25. The highest BCUT2D eigenvalue weighted by molar-refractivity contribution is 5.95. The van der Waals surface area contributed by atoms with E-state index in [0.717, 1.165) is 23.1 Å². The van der Waals surface area contributed by atoms with Gasteiger partial charge < -0.3 is 10.1 Å². The smallest absolute Gasteiger partial charge is 0.332 e. The first-order valence-electron chi connectivity index (χ1n) is 10.7. The van der Waals surface area contributed by atoms with Crippen LogP contribution in [0.1, 0.15) is 30.6 Å². The molecule has 1 N–H and O–H groups in total. The Hall–Kier alpha value is -3.17. The number of nitrogens with zero attached hydrogens (tertiary/aromatic N) is 4. The average molecular weight is 474 g/mol. The molecule has 33 heavy (non-hydrogen) atoms. The van der Waals surface area contributed by atoms with Crippen molar-refractivity contribution in [1.29, 1.82) is 0 Å². The predicted octanol–water partition coefficient (Wildman–Crippen LogP) is 1.91. The number of hydrogen-bond donors (Lipinski definition) is 1. The zero-order valence-electron chi connectivity index (χ0n) is 18.9. The van der Waals surface area contributed by atoms with Gasteiger partial charge in [-0.1, -0.05) is 42.0 Å². The average Bonchev–Trinajstić information content (AvgIpc) is 3.42. The number of imidazole rings is 1. The number of fused-ring (bicyclic) bond motifs is 1. The maximum absolute atomic E-state index is 13.4. The van der Waals surface area contributed by atoms with Crippen molar-refractivity contribution in [2.24, 2.45) is 7.05 Å². The Morgan fingerprint density at radius 2 is 1.94 bits per heavy atom. The largest absolute Gasteiger partial charge is 0.460 e. The number of rotatable bonds is 7. The van der Waals surface area contributed by atoms with Gasteiger partial charge in [-0.25, -0.2) is 4.79 Å². The zero-order valence-corrected chi connectivity index (χ0v) is 19.7. The van der Waals surface area contributed by atoms with Crippen LogP contribution in [-0.2, 0) is 20.1 Å². The van der Waals surface area contributed by atoms with Crippen molar-refractivity contribution >= 4 is 29.4 Å². The Bertz CT molecular complexity index is 1300. The summed E-state index contributed by atoms with van der Waals surface area (Å²) in [5.41, 5.74) is 0.856. The maximum Gasteiger partial charge on any atom is 0.332 e. The number of carbonyl (C=O) groups is 1. The standard InChI is InChI=1S/C23H27N5O4.ClH/c1-15(2)10-12-27-19-20(25-22(27)32-17-9-11-24-13-17)26(3)23(31)28(21(19)30)14-18(29)16-7-5-4-6-8-16;/h4-8,10,17,24H,9,11-14H2,1-3H3;1H/t17-;/m1./s1. The second-order valence-corrected chi connectivity index (χ2v) is 8.21. The van der Waals surface area contributed by atoms with Crippen molar-refractivity contribution in [3.63, 3.8) is 0 Å². The number of halogens is 1. The zero-order chi connectivity index (χ0) is 22.8. The van der Waals surface area contributed by atoms with E-state index in [0.29, 0.717) is 24.7 Å².